The molecule has 0 aliphatic heterocycles. The van der Waals surface area contributed by atoms with Crippen LogP contribution in [0.15, 0.2) is 0 Å². The quantitative estimate of drug-likeness (QED) is 0.789. The fourth-order valence-electron chi connectivity index (χ4n) is 3.46. The molecule has 3 unspecified atom stereocenters. The van der Waals surface area contributed by atoms with E-state index in [2.05, 4.69) is 6.92 Å². The number of carbonyl (C=O) groups is 1. The lowest BCUT2D eigenvalue weighted by Crippen LogP contribution is -2.49. The zero-order valence-corrected chi connectivity index (χ0v) is 11.5. The van der Waals surface area contributed by atoms with Gasteiger partial charge in [0.05, 0.1) is 12.0 Å². The maximum absolute atomic E-state index is 12.5. The SMILES string of the molecule is CC1CCCC(N)C1C(=O)N(C)CC1CC(O)C1. The van der Waals surface area contributed by atoms with Crippen molar-refractivity contribution in [2.24, 2.45) is 23.5 Å². The molecular formula is C14H26N2O2. The molecule has 0 bridgehead atoms. The third-order valence-corrected chi connectivity index (χ3v) is 4.68. The number of aliphatic hydroxyl groups excluding tert-OH is 1. The first-order chi connectivity index (χ1) is 8.49. The molecule has 18 heavy (non-hydrogen) atoms. The predicted octanol–water partition coefficient (Wildman–Crippen LogP) is 0.979. The van der Waals surface area contributed by atoms with Gasteiger partial charge in [0.2, 0.25) is 5.91 Å². The van der Waals surface area contributed by atoms with E-state index in [0.29, 0.717) is 11.8 Å². The van der Waals surface area contributed by atoms with Crippen LogP contribution in [0.5, 0.6) is 0 Å². The Bertz CT molecular complexity index is 292. The van der Waals surface area contributed by atoms with E-state index in [0.717, 1.165) is 38.6 Å². The minimum atomic E-state index is -0.144. The van der Waals surface area contributed by atoms with E-state index in [4.69, 9.17) is 5.73 Å². The first-order valence-corrected chi connectivity index (χ1v) is 7.17. The molecule has 2 saturated carbocycles. The average molecular weight is 254 g/mol. The highest BCUT2D eigenvalue weighted by Gasteiger charge is 2.37. The average Bonchev–Trinajstić information content (AvgIpc) is 2.26. The molecule has 104 valence electrons. The Labute approximate surface area is 110 Å². The van der Waals surface area contributed by atoms with Crippen molar-refractivity contribution in [2.75, 3.05) is 13.6 Å². The number of amides is 1. The number of rotatable bonds is 3. The molecule has 2 rings (SSSR count). The Balaban J connectivity index is 1.88. The minimum absolute atomic E-state index is 0.00579. The van der Waals surface area contributed by atoms with Crippen LogP contribution < -0.4 is 5.73 Å². The minimum Gasteiger partial charge on any atom is -0.393 e. The van der Waals surface area contributed by atoms with Crippen LogP contribution in [-0.2, 0) is 4.79 Å². The van der Waals surface area contributed by atoms with Crippen LogP contribution in [0.3, 0.4) is 0 Å². The molecule has 4 nitrogen and oxygen atoms in total. The molecule has 0 aromatic rings. The van der Waals surface area contributed by atoms with Crippen molar-refractivity contribution in [1.82, 2.24) is 4.90 Å². The monoisotopic (exact) mass is 254 g/mol. The Morgan fingerprint density at radius 2 is 2.06 bits per heavy atom. The molecule has 2 fully saturated rings. The van der Waals surface area contributed by atoms with Crippen molar-refractivity contribution in [2.45, 2.75) is 51.2 Å². The Kier molecular flexibility index (Phi) is 4.28. The van der Waals surface area contributed by atoms with Gasteiger partial charge in [-0.1, -0.05) is 13.3 Å². The molecule has 0 spiro atoms. The predicted molar refractivity (Wildman–Crippen MR) is 70.8 cm³/mol. The summed E-state index contributed by atoms with van der Waals surface area (Å²) in [7, 11) is 1.88. The maximum atomic E-state index is 12.5. The molecule has 4 heteroatoms. The smallest absolute Gasteiger partial charge is 0.227 e. The van der Waals surface area contributed by atoms with E-state index >= 15 is 0 Å². The molecule has 0 saturated heterocycles. The lowest BCUT2D eigenvalue weighted by molar-refractivity contribution is -0.139. The highest BCUT2D eigenvalue weighted by atomic mass is 16.3. The lowest BCUT2D eigenvalue weighted by atomic mass is 9.76. The largest absolute Gasteiger partial charge is 0.393 e. The van der Waals surface area contributed by atoms with Crippen LogP contribution >= 0.6 is 0 Å². The first kappa shape index (κ1) is 13.8. The number of nitrogens with zero attached hydrogens (tertiary/aromatic N) is 1. The summed E-state index contributed by atoms with van der Waals surface area (Å²) >= 11 is 0. The third kappa shape index (κ3) is 2.86. The number of nitrogens with two attached hydrogens (primary N) is 1. The molecule has 0 aromatic carbocycles. The van der Waals surface area contributed by atoms with Gasteiger partial charge in [-0.05, 0) is 37.5 Å². The lowest BCUT2D eigenvalue weighted by Gasteiger charge is -2.39. The summed E-state index contributed by atoms with van der Waals surface area (Å²) in [5, 5.41) is 9.28. The van der Waals surface area contributed by atoms with E-state index in [1.165, 1.54) is 0 Å². The van der Waals surface area contributed by atoms with Crippen LogP contribution in [-0.4, -0.2) is 41.7 Å². The van der Waals surface area contributed by atoms with Crippen molar-refractivity contribution in [3.8, 4) is 0 Å². The number of hydrogen-bond donors (Lipinski definition) is 2. The second-order valence-corrected chi connectivity index (χ2v) is 6.31. The van der Waals surface area contributed by atoms with Gasteiger partial charge in [-0.25, -0.2) is 0 Å². The zero-order valence-electron chi connectivity index (χ0n) is 11.5. The van der Waals surface area contributed by atoms with Crippen molar-refractivity contribution in [1.29, 1.82) is 0 Å². The van der Waals surface area contributed by atoms with Gasteiger partial charge in [0.15, 0.2) is 0 Å². The van der Waals surface area contributed by atoms with E-state index in [1.54, 1.807) is 0 Å². The molecule has 0 aromatic heterocycles. The van der Waals surface area contributed by atoms with Crippen LogP contribution in [0, 0.1) is 17.8 Å². The van der Waals surface area contributed by atoms with Gasteiger partial charge in [-0.2, -0.15) is 0 Å². The number of aliphatic hydroxyl groups is 1. The summed E-state index contributed by atoms with van der Waals surface area (Å²) in [5.41, 5.74) is 6.12. The molecule has 3 N–H and O–H groups in total. The molecular weight excluding hydrogens is 228 g/mol. The van der Waals surface area contributed by atoms with Gasteiger partial charge < -0.3 is 15.7 Å². The van der Waals surface area contributed by atoms with E-state index in [-0.39, 0.29) is 24.0 Å². The van der Waals surface area contributed by atoms with Gasteiger partial charge in [0.1, 0.15) is 0 Å². The van der Waals surface area contributed by atoms with E-state index < -0.39 is 0 Å². The fourth-order valence-corrected chi connectivity index (χ4v) is 3.46. The fraction of sp³-hybridized carbons (Fsp3) is 0.929. The second-order valence-electron chi connectivity index (χ2n) is 6.31. The summed E-state index contributed by atoms with van der Waals surface area (Å²) in [6.45, 7) is 2.91. The van der Waals surface area contributed by atoms with Crippen LogP contribution in [0.4, 0.5) is 0 Å². The second kappa shape index (κ2) is 5.57. The van der Waals surface area contributed by atoms with Gasteiger partial charge >= 0.3 is 0 Å². The Morgan fingerprint density at radius 1 is 1.39 bits per heavy atom. The third-order valence-electron chi connectivity index (χ3n) is 4.68. The van der Waals surface area contributed by atoms with E-state index in [9.17, 15) is 9.90 Å². The normalized spacial score (nSPS) is 40.1. The zero-order chi connectivity index (χ0) is 13.3. The molecule has 3 atom stereocenters. The molecule has 2 aliphatic carbocycles. The van der Waals surface area contributed by atoms with Crippen molar-refractivity contribution in [3.63, 3.8) is 0 Å². The van der Waals surface area contributed by atoms with Gasteiger partial charge in [-0.3, -0.25) is 4.79 Å². The Hall–Kier alpha value is -0.610. The molecule has 0 radical (unpaired) electrons. The summed E-state index contributed by atoms with van der Waals surface area (Å²) in [4.78, 5) is 14.3. The summed E-state index contributed by atoms with van der Waals surface area (Å²) < 4.78 is 0. The Morgan fingerprint density at radius 3 is 2.61 bits per heavy atom. The van der Waals surface area contributed by atoms with Crippen molar-refractivity contribution in [3.05, 3.63) is 0 Å². The first-order valence-electron chi connectivity index (χ1n) is 7.17. The summed E-state index contributed by atoms with van der Waals surface area (Å²) in [6, 6.07) is 0.0238. The summed E-state index contributed by atoms with van der Waals surface area (Å²) in [5.74, 6) is 1.07. The van der Waals surface area contributed by atoms with Crippen LogP contribution in [0.25, 0.3) is 0 Å². The molecule has 0 heterocycles. The van der Waals surface area contributed by atoms with Crippen molar-refractivity contribution < 1.29 is 9.90 Å². The summed E-state index contributed by atoms with van der Waals surface area (Å²) in [6.07, 6.45) is 4.75. The molecule has 1 amide bonds. The standard InChI is InChI=1S/C14H26N2O2/c1-9-4-3-5-12(15)13(9)14(18)16(2)8-10-6-11(17)7-10/h9-13,17H,3-8,15H2,1-2H3. The van der Waals surface area contributed by atoms with Crippen LogP contribution in [0.1, 0.15) is 39.0 Å². The van der Waals surface area contributed by atoms with Gasteiger partial charge in [0.25, 0.3) is 0 Å². The van der Waals surface area contributed by atoms with Gasteiger partial charge in [0, 0.05) is 19.6 Å². The van der Waals surface area contributed by atoms with Crippen molar-refractivity contribution >= 4 is 5.91 Å². The maximum Gasteiger partial charge on any atom is 0.227 e. The number of hydrogen-bond acceptors (Lipinski definition) is 3. The topological polar surface area (TPSA) is 66.6 Å². The van der Waals surface area contributed by atoms with Gasteiger partial charge in [-0.15, -0.1) is 0 Å². The number of carbonyl (C=O) groups excluding carboxylic acids is 1. The van der Waals surface area contributed by atoms with E-state index in [1.807, 2.05) is 11.9 Å². The molecule has 2 aliphatic rings. The highest BCUT2D eigenvalue weighted by molar-refractivity contribution is 5.79. The highest BCUT2D eigenvalue weighted by Crippen LogP contribution is 2.32. The van der Waals surface area contributed by atoms with Crippen LogP contribution in [0.2, 0.25) is 0 Å².